The third-order valence-corrected chi connectivity index (χ3v) is 4.00. The third kappa shape index (κ3) is 2.21. The first-order valence-electron chi connectivity index (χ1n) is 6.73. The Morgan fingerprint density at radius 3 is 2.50 bits per heavy atom. The van der Waals surface area contributed by atoms with Crippen LogP contribution in [0.2, 0.25) is 0 Å². The fraction of sp³-hybridized carbons (Fsp3) is 0.0625. The number of hydrogen-bond acceptors (Lipinski definition) is 4. The minimum Gasteiger partial charge on any atom is -0.436 e. The van der Waals surface area contributed by atoms with Gasteiger partial charge >= 0.3 is 0 Å². The second-order valence-electron chi connectivity index (χ2n) is 5.01. The molecule has 0 amide bonds. The smallest absolute Gasteiger partial charge is 0.227 e. The Balaban J connectivity index is 1.87. The minimum atomic E-state index is 0.617. The van der Waals surface area contributed by atoms with Gasteiger partial charge in [0.25, 0.3) is 0 Å². The Bertz CT molecular complexity index is 942. The van der Waals surface area contributed by atoms with Crippen LogP contribution in [0.15, 0.2) is 57.9 Å². The lowest BCUT2D eigenvalue weighted by molar-refractivity contribution is 0.617. The molecule has 2 aromatic heterocycles. The second kappa shape index (κ2) is 5.06. The monoisotopic (exact) mass is 354 g/mol. The van der Waals surface area contributed by atoms with Crippen molar-refractivity contribution in [3.63, 3.8) is 0 Å². The molecule has 0 bridgehead atoms. The summed E-state index contributed by atoms with van der Waals surface area (Å²) in [6, 6.07) is 11.9. The first kappa shape index (κ1) is 13.2. The molecule has 0 fully saturated rings. The van der Waals surface area contributed by atoms with Crippen molar-refractivity contribution in [1.82, 2.24) is 19.7 Å². The number of oxazole rings is 1. The number of benzene rings is 2. The Hall–Kier alpha value is -2.47. The fourth-order valence-electron chi connectivity index (χ4n) is 2.38. The van der Waals surface area contributed by atoms with E-state index in [1.165, 1.54) is 0 Å². The van der Waals surface area contributed by atoms with Gasteiger partial charge in [-0.25, -0.2) is 4.98 Å². The Kier molecular flexibility index (Phi) is 3.04. The van der Waals surface area contributed by atoms with E-state index in [2.05, 4.69) is 31.1 Å². The predicted molar refractivity (Wildman–Crippen MR) is 86.8 cm³/mol. The highest BCUT2D eigenvalue weighted by Crippen LogP contribution is 2.29. The molecule has 22 heavy (non-hydrogen) atoms. The maximum atomic E-state index is 5.93. The van der Waals surface area contributed by atoms with Gasteiger partial charge in [0.05, 0.1) is 5.69 Å². The molecule has 5 nitrogen and oxygen atoms in total. The van der Waals surface area contributed by atoms with Crippen LogP contribution in [0.5, 0.6) is 0 Å². The zero-order valence-electron chi connectivity index (χ0n) is 11.7. The number of rotatable bonds is 2. The summed E-state index contributed by atoms with van der Waals surface area (Å²) in [5, 5.41) is 7.67. The van der Waals surface area contributed by atoms with E-state index in [4.69, 9.17) is 4.42 Å². The van der Waals surface area contributed by atoms with Crippen LogP contribution in [0.4, 0.5) is 0 Å². The molecule has 0 atom stereocenters. The molecule has 4 aromatic rings. The summed E-state index contributed by atoms with van der Waals surface area (Å²) in [6.07, 6.45) is 3.33. The van der Waals surface area contributed by atoms with E-state index in [0.717, 1.165) is 32.4 Å². The van der Waals surface area contributed by atoms with E-state index in [1.54, 1.807) is 12.7 Å². The van der Waals surface area contributed by atoms with Crippen LogP contribution in [0.1, 0.15) is 5.56 Å². The van der Waals surface area contributed by atoms with E-state index in [0.29, 0.717) is 5.89 Å². The van der Waals surface area contributed by atoms with E-state index in [-0.39, 0.29) is 0 Å². The van der Waals surface area contributed by atoms with Crippen molar-refractivity contribution < 1.29 is 4.42 Å². The summed E-state index contributed by atoms with van der Waals surface area (Å²) in [4.78, 5) is 4.61. The predicted octanol–water partition coefficient (Wildman–Crippen LogP) is 4.15. The lowest BCUT2D eigenvalue weighted by Crippen LogP contribution is -1.91. The topological polar surface area (TPSA) is 56.7 Å². The van der Waals surface area contributed by atoms with Crippen LogP contribution in [0.25, 0.3) is 28.2 Å². The Morgan fingerprint density at radius 2 is 1.77 bits per heavy atom. The second-order valence-corrected chi connectivity index (χ2v) is 5.92. The van der Waals surface area contributed by atoms with Crippen LogP contribution in [-0.2, 0) is 0 Å². The summed E-state index contributed by atoms with van der Waals surface area (Å²) in [6.45, 7) is 2.01. The number of aromatic nitrogens is 4. The number of hydrogen-bond donors (Lipinski definition) is 0. The van der Waals surface area contributed by atoms with Gasteiger partial charge in [0.15, 0.2) is 5.58 Å². The molecule has 2 aromatic carbocycles. The highest BCUT2D eigenvalue weighted by molar-refractivity contribution is 9.10. The molecule has 108 valence electrons. The molecule has 0 saturated heterocycles. The van der Waals surface area contributed by atoms with Gasteiger partial charge in [0, 0.05) is 10.0 Å². The molecule has 6 heteroatoms. The summed E-state index contributed by atoms with van der Waals surface area (Å²) in [5.74, 6) is 0.617. The van der Waals surface area contributed by atoms with E-state index >= 15 is 0 Å². The van der Waals surface area contributed by atoms with Crippen LogP contribution in [0.3, 0.4) is 0 Å². The standard InChI is InChI=1S/C16H11BrN4O/c1-10-6-13(21-8-18-19-9-21)7-14-15(10)22-16(20-14)11-2-4-12(17)5-3-11/h2-9H,1H3. The number of fused-ring (bicyclic) bond motifs is 1. The lowest BCUT2D eigenvalue weighted by atomic mass is 10.2. The highest BCUT2D eigenvalue weighted by atomic mass is 79.9. The van der Waals surface area contributed by atoms with Gasteiger partial charge in [0.1, 0.15) is 18.2 Å². The summed E-state index contributed by atoms with van der Waals surface area (Å²) < 4.78 is 8.80. The highest BCUT2D eigenvalue weighted by Gasteiger charge is 2.12. The maximum absolute atomic E-state index is 5.93. The van der Waals surface area contributed by atoms with Crippen LogP contribution >= 0.6 is 15.9 Å². The molecule has 0 aliphatic rings. The Labute approximate surface area is 134 Å². The summed E-state index contributed by atoms with van der Waals surface area (Å²) in [5.41, 5.74) is 4.56. The molecule has 0 unspecified atom stereocenters. The fourth-order valence-corrected chi connectivity index (χ4v) is 2.64. The van der Waals surface area contributed by atoms with Crippen molar-refractivity contribution in [2.45, 2.75) is 6.92 Å². The molecule has 0 aliphatic heterocycles. The van der Waals surface area contributed by atoms with Gasteiger partial charge < -0.3 is 4.42 Å². The molecule has 0 saturated carbocycles. The summed E-state index contributed by atoms with van der Waals surface area (Å²) >= 11 is 3.43. The molecule has 4 rings (SSSR count). The SMILES string of the molecule is Cc1cc(-n2cnnc2)cc2nc(-c3ccc(Br)cc3)oc12. The lowest BCUT2D eigenvalue weighted by Gasteiger charge is -2.02. The van der Waals surface area contributed by atoms with Crippen molar-refractivity contribution in [3.05, 3.63) is 59.1 Å². The van der Waals surface area contributed by atoms with Gasteiger partial charge in [-0.3, -0.25) is 4.57 Å². The van der Waals surface area contributed by atoms with Crippen LogP contribution in [0, 0.1) is 6.92 Å². The average molecular weight is 355 g/mol. The summed E-state index contributed by atoms with van der Waals surface area (Å²) in [7, 11) is 0. The van der Waals surface area contributed by atoms with Gasteiger partial charge in [-0.05, 0) is 48.9 Å². The number of halogens is 1. The number of nitrogens with zero attached hydrogens (tertiary/aromatic N) is 4. The van der Waals surface area contributed by atoms with Crippen molar-refractivity contribution >= 4 is 27.0 Å². The van der Waals surface area contributed by atoms with Crippen molar-refractivity contribution in [2.75, 3.05) is 0 Å². The largest absolute Gasteiger partial charge is 0.436 e. The van der Waals surface area contributed by atoms with Gasteiger partial charge in [-0.1, -0.05) is 15.9 Å². The maximum Gasteiger partial charge on any atom is 0.227 e. The molecule has 0 radical (unpaired) electrons. The molecule has 0 N–H and O–H groups in total. The zero-order valence-corrected chi connectivity index (χ0v) is 13.3. The first-order chi connectivity index (χ1) is 10.7. The normalized spacial score (nSPS) is 11.2. The van der Waals surface area contributed by atoms with Crippen LogP contribution in [-0.4, -0.2) is 19.7 Å². The van der Waals surface area contributed by atoms with E-state index in [9.17, 15) is 0 Å². The first-order valence-corrected chi connectivity index (χ1v) is 7.52. The third-order valence-electron chi connectivity index (χ3n) is 3.47. The van der Waals surface area contributed by atoms with Gasteiger partial charge in [0.2, 0.25) is 5.89 Å². The van der Waals surface area contributed by atoms with E-state index in [1.807, 2.05) is 47.9 Å². The minimum absolute atomic E-state index is 0.617. The quantitative estimate of drug-likeness (QED) is 0.542. The van der Waals surface area contributed by atoms with Gasteiger partial charge in [-0.2, -0.15) is 0 Å². The zero-order chi connectivity index (χ0) is 15.1. The van der Waals surface area contributed by atoms with Crippen LogP contribution < -0.4 is 0 Å². The van der Waals surface area contributed by atoms with E-state index < -0.39 is 0 Å². The van der Waals surface area contributed by atoms with Crippen molar-refractivity contribution in [1.29, 1.82) is 0 Å². The number of aryl methyl sites for hydroxylation is 1. The van der Waals surface area contributed by atoms with Crippen molar-refractivity contribution in [3.8, 4) is 17.1 Å². The molecular weight excluding hydrogens is 344 g/mol. The van der Waals surface area contributed by atoms with Gasteiger partial charge in [-0.15, -0.1) is 10.2 Å². The Morgan fingerprint density at radius 1 is 1.05 bits per heavy atom. The molecular formula is C16H11BrN4O. The molecule has 0 spiro atoms. The molecule has 0 aliphatic carbocycles. The van der Waals surface area contributed by atoms with Crippen molar-refractivity contribution in [2.24, 2.45) is 0 Å². The molecule has 2 heterocycles. The average Bonchev–Trinajstić information content (AvgIpc) is 3.17.